The minimum absolute atomic E-state index is 0.0161. The zero-order valence-corrected chi connectivity index (χ0v) is 15.9. The van der Waals surface area contributed by atoms with Gasteiger partial charge in [-0.25, -0.2) is 0 Å². The predicted molar refractivity (Wildman–Crippen MR) is 106 cm³/mol. The normalized spacial score (nSPS) is 18.0. The second-order valence-electron chi connectivity index (χ2n) is 7.20. The minimum Gasteiger partial charge on any atom is -0.392 e. The van der Waals surface area contributed by atoms with Crippen LogP contribution in [0.1, 0.15) is 23.6 Å². The summed E-state index contributed by atoms with van der Waals surface area (Å²) in [6.45, 7) is 1.80. The van der Waals surface area contributed by atoms with Crippen molar-refractivity contribution < 1.29 is 14.8 Å². The fraction of sp³-hybridized carbons (Fsp3) is 0.381. The molecular weight excluding hydrogens is 358 g/mol. The van der Waals surface area contributed by atoms with Gasteiger partial charge in [-0.05, 0) is 12.0 Å². The van der Waals surface area contributed by atoms with E-state index in [1.54, 1.807) is 30.1 Å². The summed E-state index contributed by atoms with van der Waals surface area (Å²) in [7, 11) is 1.72. The first-order valence-corrected chi connectivity index (χ1v) is 9.39. The Labute approximate surface area is 164 Å². The van der Waals surface area contributed by atoms with Crippen molar-refractivity contribution in [3.8, 4) is 0 Å². The Hall–Kier alpha value is -2.77. The second kappa shape index (κ2) is 8.95. The first kappa shape index (κ1) is 20.0. The first-order chi connectivity index (χ1) is 13.5. The molecule has 3 rings (SSSR count). The van der Waals surface area contributed by atoms with Crippen LogP contribution in [0.3, 0.4) is 0 Å². The summed E-state index contributed by atoms with van der Waals surface area (Å²) in [6.07, 6.45) is 0.355. The molecule has 2 aromatic carbocycles. The number of benzene rings is 2. The topological polar surface area (TPSA) is 86.9 Å². The Balaban J connectivity index is 1.74. The third-order valence-electron chi connectivity index (χ3n) is 5.22. The number of hydrogen-bond acceptors (Lipinski definition) is 5. The van der Waals surface area contributed by atoms with Gasteiger partial charge in [0.2, 0.25) is 5.91 Å². The molecule has 28 heavy (non-hydrogen) atoms. The molecule has 1 heterocycles. The Bertz CT molecular complexity index is 827. The van der Waals surface area contributed by atoms with Gasteiger partial charge < -0.3 is 10.0 Å². The average molecular weight is 383 g/mol. The fourth-order valence-corrected chi connectivity index (χ4v) is 3.66. The van der Waals surface area contributed by atoms with Gasteiger partial charge in [0.15, 0.2) is 0 Å². The summed E-state index contributed by atoms with van der Waals surface area (Å²) in [4.78, 5) is 27.3. The predicted octanol–water partition coefficient (Wildman–Crippen LogP) is 2.40. The molecule has 0 aliphatic carbocycles. The van der Waals surface area contributed by atoms with Crippen molar-refractivity contribution in [2.75, 3.05) is 26.7 Å². The molecule has 0 bridgehead atoms. The molecule has 2 aromatic rings. The summed E-state index contributed by atoms with van der Waals surface area (Å²) < 4.78 is 0. The highest BCUT2D eigenvalue weighted by atomic mass is 16.6. The maximum absolute atomic E-state index is 12.8. The number of carbonyl (C=O) groups excluding carboxylic acids is 1. The molecule has 2 atom stereocenters. The number of hydrogen-bond donors (Lipinski definition) is 1. The van der Waals surface area contributed by atoms with E-state index in [2.05, 4.69) is 4.90 Å². The van der Waals surface area contributed by atoms with Crippen LogP contribution in [0.5, 0.6) is 0 Å². The SMILES string of the molecule is CN(C[C@@H](c1ccccc1)N1CC[C@H](O)C1)C(=O)Cc1ccccc1[N+](=O)[O-]. The number of nitro groups is 1. The van der Waals surface area contributed by atoms with E-state index in [-0.39, 0.29) is 30.2 Å². The number of aliphatic hydroxyl groups excluding tert-OH is 1. The molecule has 0 spiro atoms. The molecule has 148 valence electrons. The molecule has 1 N–H and O–H groups in total. The van der Waals surface area contributed by atoms with Crippen molar-refractivity contribution >= 4 is 11.6 Å². The number of nitrogens with zero attached hydrogens (tertiary/aromatic N) is 3. The maximum Gasteiger partial charge on any atom is 0.273 e. The number of amides is 1. The second-order valence-corrected chi connectivity index (χ2v) is 7.20. The number of β-amino-alcohol motifs (C(OH)–C–C–N with tert-alkyl or cyclic N) is 1. The Morgan fingerprint density at radius 3 is 2.57 bits per heavy atom. The molecule has 1 aliphatic rings. The average Bonchev–Trinajstić information content (AvgIpc) is 3.12. The van der Waals surface area contributed by atoms with Crippen LogP contribution in [-0.4, -0.2) is 58.5 Å². The lowest BCUT2D eigenvalue weighted by atomic mass is 10.0. The fourth-order valence-electron chi connectivity index (χ4n) is 3.66. The van der Waals surface area contributed by atoms with Gasteiger partial charge >= 0.3 is 0 Å². The monoisotopic (exact) mass is 383 g/mol. The highest BCUT2D eigenvalue weighted by molar-refractivity contribution is 5.79. The zero-order valence-electron chi connectivity index (χ0n) is 15.9. The van der Waals surface area contributed by atoms with Gasteiger partial charge in [0.1, 0.15) is 0 Å². The standard InChI is InChI=1S/C21H25N3O4/c1-22(21(26)13-17-9-5-6-10-19(17)24(27)28)15-20(16-7-3-2-4-8-16)23-12-11-18(25)14-23/h2-10,18,20,25H,11-15H2,1H3/t18-,20-/m0/s1. The summed E-state index contributed by atoms with van der Waals surface area (Å²) in [5.74, 6) is -0.171. The number of rotatable bonds is 7. The van der Waals surface area contributed by atoms with E-state index < -0.39 is 4.92 Å². The number of para-hydroxylation sites is 1. The molecule has 0 saturated carbocycles. The van der Waals surface area contributed by atoms with Crippen LogP contribution in [0.4, 0.5) is 5.69 Å². The molecule has 0 aromatic heterocycles. The summed E-state index contributed by atoms with van der Waals surface area (Å²) in [6, 6.07) is 16.2. The summed E-state index contributed by atoms with van der Waals surface area (Å²) in [5, 5.41) is 21.1. The van der Waals surface area contributed by atoms with E-state index >= 15 is 0 Å². The molecular formula is C21H25N3O4. The van der Waals surface area contributed by atoms with Crippen molar-refractivity contribution in [2.45, 2.75) is 25.0 Å². The van der Waals surface area contributed by atoms with Crippen molar-refractivity contribution in [3.63, 3.8) is 0 Å². The molecule has 1 fully saturated rings. The number of carbonyl (C=O) groups is 1. The van der Waals surface area contributed by atoms with Crippen molar-refractivity contribution in [1.82, 2.24) is 9.80 Å². The molecule has 1 amide bonds. The molecule has 0 radical (unpaired) electrons. The molecule has 7 heteroatoms. The van der Waals surface area contributed by atoms with Gasteiger partial charge in [0, 0.05) is 38.3 Å². The third kappa shape index (κ3) is 4.74. The van der Waals surface area contributed by atoms with Crippen LogP contribution < -0.4 is 0 Å². The van der Waals surface area contributed by atoms with E-state index in [1.165, 1.54) is 6.07 Å². The van der Waals surface area contributed by atoms with Gasteiger partial charge in [-0.15, -0.1) is 0 Å². The Morgan fingerprint density at radius 1 is 1.25 bits per heavy atom. The largest absolute Gasteiger partial charge is 0.392 e. The number of likely N-dealkylation sites (tertiary alicyclic amines) is 1. The number of aliphatic hydroxyl groups is 1. The quantitative estimate of drug-likeness (QED) is 0.586. The van der Waals surface area contributed by atoms with Crippen molar-refractivity contribution in [2.24, 2.45) is 0 Å². The van der Waals surface area contributed by atoms with Crippen molar-refractivity contribution in [1.29, 1.82) is 0 Å². The smallest absolute Gasteiger partial charge is 0.273 e. The van der Waals surface area contributed by atoms with E-state index in [0.717, 1.165) is 18.5 Å². The highest BCUT2D eigenvalue weighted by Gasteiger charge is 2.30. The first-order valence-electron chi connectivity index (χ1n) is 9.39. The van der Waals surface area contributed by atoms with Gasteiger partial charge in [-0.3, -0.25) is 19.8 Å². The van der Waals surface area contributed by atoms with E-state index in [9.17, 15) is 20.0 Å². The lowest BCUT2D eigenvalue weighted by Crippen LogP contribution is -2.39. The third-order valence-corrected chi connectivity index (χ3v) is 5.22. The Kier molecular flexibility index (Phi) is 6.38. The maximum atomic E-state index is 12.8. The number of likely N-dealkylation sites (N-methyl/N-ethyl adjacent to an activating group) is 1. The minimum atomic E-state index is -0.457. The van der Waals surface area contributed by atoms with E-state index in [4.69, 9.17) is 0 Å². The van der Waals surface area contributed by atoms with Crippen LogP contribution in [0.2, 0.25) is 0 Å². The van der Waals surface area contributed by atoms with Gasteiger partial charge in [-0.2, -0.15) is 0 Å². The molecule has 7 nitrogen and oxygen atoms in total. The van der Waals surface area contributed by atoms with Crippen molar-refractivity contribution in [3.05, 3.63) is 75.8 Å². The van der Waals surface area contributed by atoms with Crippen LogP contribution in [0.25, 0.3) is 0 Å². The lowest BCUT2D eigenvalue weighted by Gasteiger charge is -2.32. The van der Waals surface area contributed by atoms with Gasteiger partial charge in [0.05, 0.1) is 23.5 Å². The summed E-state index contributed by atoms with van der Waals surface area (Å²) in [5.41, 5.74) is 1.46. The number of nitro benzene ring substituents is 1. The van der Waals surface area contributed by atoms with E-state index in [0.29, 0.717) is 18.7 Å². The van der Waals surface area contributed by atoms with Crippen LogP contribution in [-0.2, 0) is 11.2 Å². The van der Waals surface area contributed by atoms with Gasteiger partial charge in [-0.1, -0.05) is 48.5 Å². The summed E-state index contributed by atoms with van der Waals surface area (Å²) >= 11 is 0. The van der Waals surface area contributed by atoms with E-state index in [1.807, 2.05) is 30.3 Å². The zero-order chi connectivity index (χ0) is 20.1. The van der Waals surface area contributed by atoms with Gasteiger partial charge in [0.25, 0.3) is 5.69 Å². The Morgan fingerprint density at radius 2 is 1.93 bits per heavy atom. The van der Waals surface area contributed by atoms with Crippen LogP contribution in [0.15, 0.2) is 54.6 Å². The molecule has 0 unspecified atom stereocenters. The highest BCUT2D eigenvalue weighted by Crippen LogP contribution is 2.26. The molecule has 1 saturated heterocycles. The lowest BCUT2D eigenvalue weighted by molar-refractivity contribution is -0.385. The van der Waals surface area contributed by atoms with Crippen LogP contribution >= 0.6 is 0 Å². The molecule has 1 aliphatic heterocycles. The van der Waals surface area contributed by atoms with Crippen LogP contribution in [0, 0.1) is 10.1 Å².